The van der Waals surface area contributed by atoms with Crippen LogP contribution >= 0.6 is 0 Å². The van der Waals surface area contributed by atoms with Crippen LogP contribution in [0.4, 0.5) is 0 Å². The maximum Gasteiger partial charge on any atom is 0.253 e. The highest BCUT2D eigenvalue weighted by atomic mass is 16.5. The lowest BCUT2D eigenvalue weighted by Crippen LogP contribution is -2.57. The first-order valence-electron chi connectivity index (χ1n) is 13.1. The Morgan fingerprint density at radius 1 is 1.11 bits per heavy atom. The summed E-state index contributed by atoms with van der Waals surface area (Å²) in [5.41, 5.74) is 3.16. The quantitative estimate of drug-likeness (QED) is 0.393. The van der Waals surface area contributed by atoms with E-state index in [1.54, 1.807) is 7.11 Å². The molecule has 0 aliphatic carbocycles. The summed E-state index contributed by atoms with van der Waals surface area (Å²) in [5.74, 6) is 0.977. The number of amides is 1. The fourth-order valence-corrected chi connectivity index (χ4v) is 5.13. The molecule has 1 aliphatic heterocycles. The summed E-state index contributed by atoms with van der Waals surface area (Å²) in [7, 11) is 1.71. The molecule has 1 fully saturated rings. The molecule has 5 nitrogen and oxygen atoms in total. The smallest absolute Gasteiger partial charge is 0.253 e. The van der Waals surface area contributed by atoms with Gasteiger partial charge in [-0.1, -0.05) is 43.7 Å². The highest BCUT2D eigenvalue weighted by molar-refractivity contribution is 5.94. The maximum absolute atomic E-state index is 13.1. The van der Waals surface area contributed by atoms with E-state index in [0.29, 0.717) is 12.1 Å². The van der Waals surface area contributed by atoms with Gasteiger partial charge in [-0.2, -0.15) is 0 Å². The van der Waals surface area contributed by atoms with Crippen LogP contribution in [-0.4, -0.2) is 72.5 Å². The van der Waals surface area contributed by atoms with Gasteiger partial charge < -0.3 is 9.64 Å². The van der Waals surface area contributed by atoms with Crippen molar-refractivity contribution in [2.75, 3.05) is 39.8 Å². The highest BCUT2D eigenvalue weighted by Crippen LogP contribution is 2.35. The van der Waals surface area contributed by atoms with Crippen LogP contribution in [0.2, 0.25) is 0 Å². The average molecular weight is 478 g/mol. The number of carbonyl (C=O) groups is 1. The van der Waals surface area contributed by atoms with Gasteiger partial charge in [-0.3, -0.25) is 14.6 Å². The summed E-state index contributed by atoms with van der Waals surface area (Å²) in [4.78, 5) is 20.1. The topological polar surface area (TPSA) is 36.0 Å². The Morgan fingerprint density at radius 3 is 2.49 bits per heavy atom. The standard InChI is InChI=1S/C30H43N3O2/c1-7-10-19-31(9-3)30(34)26-16-14-25(15-17-26)29(27-12-11-13-28(20-27)35-6)33-22-23(4)32(18-8-2)21-24(33)5/h8,11-17,20,23-24,29H,2,7,9-10,18-19,21-22H2,1,3-6H3/t23-,24+,29+/m1/s1. The minimum Gasteiger partial charge on any atom is -0.497 e. The van der Waals surface area contributed by atoms with Crippen LogP contribution in [0.3, 0.4) is 0 Å². The molecule has 3 rings (SSSR count). The van der Waals surface area contributed by atoms with Gasteiger partial charge in [0.2, 0.25) is 0 Å². The Bertz CT molecular complexity index is 958. The third kappa shape index (κ3) is 6.53. The number of methoxy groups -OCH3 is 1. The van der Waals surface area contributed by atoms with Gasteiger partial charge in [0.05, 0.1) is 13.2 Å². The summed E-state index contributed by atoms with van der Waals surface area (Å²) in [6, 6.07) is 17.5. The second-order valence-electron chi connectivity index (χ2n) is 9.68. The molecule has 1 aliphatic rings. The van der Waals surface area contributed by atoms with E-state index in [1.165, 1.54) is 11.1 Å². The molecular weight excluding hydrogens is 434 g/mol. The molecule has 190 valence electrons. The minimum absolute atomic E-state index is 0.0833. The molecule has 1 saturated heterocycles. The molecule has 0 saturated carbocycles. The van der Waals surface area contributed by atoms with Gasteiger partial charge in [-0.05, 0) is 62.6 Å². The van der Waals surface area contributed by atoms with E-state index in [9.17, 15) is 4.79 Å². The lowest BCUT2D eigenvalue weighted by Gasteiger charge is -2.47. The third-order valence-electron chi connectivity index (χ3n) is 7.19. The van der Waals surface area contributed by atoms with Crippen molar-refractivity contribution in [3.8, 4) is 5.75 Å². The van der Waals surface area contributed by atoms with Gasteiger partial charge in [-0.15, -0.1) is 6.58 Å². The molecule has 35 heavy (non-hydrogen) atoms. The van der Waals surface area contributed by atoms with Crippen LogP contribution in [-0.2, 0) is 0 Å². The molecule has 0 aromatic heterocycles. The SMILES string of the molecule is C=CCN1C[C@H](C)N([C@@H](c2ccc(C(=O)N(CC)CCCC)cc2)c2cccc(OC)c2)C[C@H]1C. The van der Waals surface area contributed by atoms with Crippen molar-refractivity contribution in [1.82, 2.24) is 14.7 Å². The van der Waals surface area contributed by atoms with Gasteiger partial charge in [0.25, 0.3) is 5.91 Å². The van der Waals surface area contributed by atoms with Gasteiger partial charge in [-0.25, -0.2) is 0 Å². The predicted molar refractivity (Wildman–Crippen MR) is 145 cm³/mol. The molecule has 1 heterocycles. The summed E-state index contributed by atoms with van der Waals surface area (Å²) in [6.07, 6.45) is 4.11. The zero-order valence-corrected chi connectivity index (χ0v) is 22.2. The van der Waals surface area contributed by atoms with Gasteiger partial charge in [0, 0.05) is 50.4 Å². The summed E-state index contributed by atoms with van der Waals surface area (Å²) >= 11 is 0. The fraction of sp³-hybridized carbons (Fsp3) is 0.500. The molecule has 5 heteroatoms. The van der Waals surface area contributed by atoms with Crippen LogP contribution in [0, 0.1) is 0 Å². The van der Waals surface area contributed by atoms with Crippen molar-refractivity contribution in [1.29, 1.82) is 0 Å². The number of nitrogens with zero attached hydrogens (tertiary/aromatic N) is 3. The number of carbonyl (C=O) groups excluding carboxylic acids is 1. The van der Waals surface area contributed by atoms with Crippen molar-refractivity contribution in [2.45, 2.75) is 58.7 Å². The Morgan fingerprint density at radius 2 is 1.86 bits per heavy atom. The highest BCUT2D eigenvalue weighted by Gasteiger charge is 2.34. The first kappa shape index (κ1) is 27.0. The number of benzene rings is 2. The molecule has 0 radical (unpaired) electrons. The number of hydrogen-bond donors (Lipinski definition) is 0. The molecule has 3 atom stereocenters. The van der Waals surface area contributed by atoms with E-state index >= 15 is 0 Å². The Hall–Kier alpha value is -2.63. The van der Waals surface area contributed by atoms with Crippen molar-refractivity contribution in [3.63, 3.8) is 0 Å². The maximum atomic E-state index is 13.1. The lowest BCUT2D eigenvalue weighted by atomic mass is 9.92. The number of piperazine rings is 1. The van der Waals surface area contributed by atoms with E-state index in [2.05, 4.69) is 74.4 Å². The van der Waals surface area contributed by atoms with Crippen molar-refractivity contribution >= 4 is 5.91 Å². The predicted octanol–water partition coefficient (Wildman–Crippen LogP) is 5.63. The van der Waals surface area contributed by atoms with Gasteiger partial charge >= 0.3 is 0 Å². The number of unbranched alkanes of at least 4 members (excludes halogenated alkanes) is 1. The van der Waals surface area contributed by atoms with Crippen molar-refractivity contribution < 1.29 is 9.53 Å². The van der Waals surface area contributed by atoms with E-state index in [-0.39, 0.29) is 11.9 Å². The summed E-state index contributed by atoms with van der Waals surface area (Å²) in [6.45, 7) is 17.1. The van der Waals surface area contributed by atoms with Crippen LogP contribution < -0.4 is 4.74 Å². The van der Waals surface area contributed by atoms with Crippen LogP contribution in [0.25, 0.3) is 0 Å². The van der Waals surface area contributed by atoms with Crippen LogP contribution in [0.5, 0.6) is 5.75 Å². The zero-order chi connectivity index (χ0) is 25.4. The van der Waals surface area contributed by atoms with Crippen LogP contribution in [0.15, 0.2) is 61.2 Å². The second-order valence-corrected chi connectivity index (χ2v) is 9.68. The minimum atomic E-state index is 0.0833. The molecule has 0 bridgehead atoms. The third-order valence-corrected chi connectivity index (χ3v) is 7.19. The van der Waals surface area contributed by atoms with Gasteiger partial charge in [0.1, 0.15) is 5.75 Å². The van der Waals surface area contributed by atoms with E-state index in [4.69, 9.17) is 4.74 Å². The first-order chi connectivity index (χ1) is 16.9. The van der Waals surface area contributed by atoms with Crippen molar-refractivity contribution in [3.05, 3.63) is 77.9 Å². The number of rotatable bonds is 11. The van der Waals surface area contributed by atoms with E-state index < -0.39 is 0 Å². The second kappa shape index (κ2) is 12.9. The molecular formula is C30H43N3O2. The van der Waals surface area contributed by atoms with E-state index in [0.717, 1.165) is 56.9 Å². The summed E-state index contributed by atoms with van der Waals surface area (Å²) in [5, 5.41) is 0. The largest absolute Gasteiger partial charge is 0.497 e. The Balaban J connectivity index is 1.94. The normalized spacial score (nSPS) is 19.8. The Labute approximate surface area is 212 Å². The molecule has 0 spiro atoms. The number of hydrogen-bond acceptors (Lipinski definition) is 4. The molecule has 1 amide bonds. The lowest BCUT2D eigenvalue weighted by molar-refractivity contribution is 0.0306. The zero-order valence-electron chi connectivity index (χ0n) is 22.2. The molecule has 0 N–H and O–H groups in total. The number of ether oxygens (including phenoxy) is 1. The van der Waals surface area contributed by atoms with E-state index in [1.807, 2.05) is 29.2 Å². The molecule has 2 aromatic rings. The monoisotopic (exact) mass is 477 g/mol. The first-order valence-corrected chi connectivity index (χ1v) is 13.1. The summed E-state index contributed by atoms with van der Waals surface area (Å²) < 4.78 is 5.56. The van der Waals surface area contributed by atoms with Gasteiger partial charge in [0.15, 0.2) is 0 Å². The molecule has 0 unspecified atom stereocenters. The fourth-order valence-electron chi connectivity index (χ4n) is 5.13. The van der Waals surface area contributed by atoms with Crippen LogP contribution in [0.1, 0.15) is 68.1 Å². The average Bonchev–Trinajstić information content (AvgIpc) is 2.88. The van der Waals surface area contributed by atoms with Crippen molar-refractivity contribution in [2.24, 2.45) is 0 Å². The molecule has 2 aromatic carbocycles. The Kier molecular flexibility index (Phi) is 9.93.